The molecule has 0 saturated carbocycles. The third-order valence-electron chi connectivity index (χ3n) is 4.06. The molecule has 0 bridgehead atoms. The van der Waals surface area contributed by atoms with Gasteiger partial charge in [-0.15, -0.1) is 11.8 Å². The zero-order valence-corrected chi connectivity index (χ0v) is 16.8. The van der Waals surface area contributed by atoms with Crippen molar-refractivity contribution in [2.75, 3.05) is 11.4 Å². The van der Waals surface area contributed by atoms with E-state index in [-0.39, 0.29) is 22.6 Å². The van der Waals surface area contributed by atoms with E-state index in [1.54, 1.807) is 53.1 Å². The number of sulfonamides is 1. The van der Waals surface area contributed by atoms with Crippen LogP contribution in [-0.2, 0) is 21.4 Å². The normalized spacial score (nSPS) is 17.0. The number of amides is 1. The van der Waals surface area contributed by atoms with Gasteiger partial charge in [0, 0.05) is 35.2 Å². The first-order valence-corrected chi connectivity index (χ1v) is 10.8. The SMILES string of the molecule is CC(=O)N1CC(C)Sc2cc(S(=O)(=O)NCc3ccc(Cl)cc3)ccc21. The lowest BCUT2D eigenvalue weighted by molar-refractivity contribution is -0.116. The molecule has 1 heterocycles. The number of fused-ring (bicyclic) bond motifs is 1. The van der Waals surface area contributed by atoms with E-state index in [4.69, 9.17) is 11.6 Å². The number of rotatable bonds is 4. The molecule has 0 saturated heterocycles. The van der Waals surface area contributed by atoms with Gasteiger partial charge >= 0.3 is 0 Å². The van der Waals surface area contributed by atoms with Gasteiger partial charge in [-0.25, -0.2) is 13.1 Å². The molecule has 0 spiro atoms. The summed E-state index contributed by atoms with van der Waals surface area (Å²) in [7, 11) is -3.66. The van der Waals surface area contributed by atoms with Gasteiger partial charge in [-0.1, -0.05) is 30.7 Å². The number of benzene rings is 2. The maximum Gasteiger partial charge on any atom is 0.240 e. The first-order valence-electron chi connectivity index (χ1n) is 8.09. The maximum absolute atomic E-state index is 12.6. The topological polar surface area (TPSA) is 66.5 Å². The van der Waals surface area contributed by atoms with Crippen LogP contribution in [0.4, 0.5) is 5.69 Å². The van der Waals surface area contributed by atoms with Crippen molar-refractivity contribution in [1.82, 2.24) is 4.72 Å². The number of halogens is 1. The number of hydrogen-bond acceptors (Lipinski definition) is 4. The summed E-state index contributed by atoms with van der Waals surface area (Å²) in [6, 6.07) is 11.9. The van der Waals surface area contributed by atoms with Crippen LogP contribution in [0, 0.1) is 0 Å². The van der Waals surface area contributed by atoms with E-state index >= 15 is 0 Å². The fourth-order valence-electron chi connectivity index (χ4n) is 2.75. The Hall–Kier alpha value is -1.54. The molecule has 1 aliphatic rings. The van der Waals surface area contributed by atoms with Crippen molar-refractivity contribution in [2.24, 2.45) is 0 Å². The van der Waals surface area contributed by atoms with Crippen LogP contribution in [0.15, 0.2) is 52.3 Å². The van der Waals surface area contributed by atoms with Crippen molar-refractivity contribution < 1.29 is 13.2 Å². The van der Waals surface area contributed by atoms with Crippen molar-refractivity contribution in [3.05, 3.63) is 53.1 Å². The number of thioether (sulfide) groups is 1. The summed E-state index contributed by atoms with van der Waals surface area (Å²) in [5.41, 5.74) is 1.58. The molecule has 26 heavy (non-hydrogen) atoms. The van der Waals surface area contributed by atoms with E-state index in [0.29, 0.717) is 11.6 Å². The van der Waals surface area contributed by atoms with Crippen LogP contribution in [-0.4, -0.2) is 26.1 Å². The molecule has 3 rings (SSSR count). The quantitative estimate of drug-likeness (QED) is 0.835. The fraction of sp³-hybridized carbons (Fsp3) is 0.278. The predicted molar refractivity (Wildman–Crippen MR) is 105 cm³/mol. The van der Waals surface area contributed by atoms with E-state index < -0.39 is 10.0 Å². The smallest absolute Gasteiger partial charge is 0.240 e. The lowest BCUT2D eigenvalue weighted by Crippen LogP contribution is -2.37. The molecule has 0 radical (unpaired) electrons. The van der Waals surface area contributed by atoms with Gasteiger partial charge in [0.05, 0.1) is 10.6 Å². The first kappa shape index (κ1) is 19.2. The highest BCUT2D eigenvalue weighted by Gasteiger charge is 2.27. The van der Waals surface area contributed by atoms with Crippen LogP contribution in [0.1, 0.15) is 19.4 Å². The summed E-state index contributed by atoms with van der Waals surface area (Å²) in [5, 5.41) is 0.804. The van der Waals surface area contributed by atoms with Crippen LogP contribution >= 0.6 is 23.4 Å². The zero-order chi connectivity index (χ0) is 18.9. The second-order valence-electron chi connectivity index (χ2n) is 6.14. The molecule has 1 aliphatic heterocycles. The van der Waals surface area contributed by atoms with E-state index in [1.165, 1.54) is 13.0 Å². The Morgan fingerprint density at radius 2 is 1.96 bits per heavy atom. The molecule has 2 aromatic carbocycles. The average Bonchev–Trinajstić information content (AvgIpc) is 2.60. The Bertz CT molecular complexity index is 930. The summed E-state index contributed by atoms with van der Waals surface area (Å²) >= 11 is 7.42. The van der Waals surface area contributed by atoms with E-state index in [0.717, 1.165) is 16.1 Å². The Balaban J connectivity index is 1.83. The molecule has 8 heteroatoms. The number of nitrogens with one attached hydrogen (secondary N) is 1. The Morgan fingerprint density at radius 3 is 2.62 bits per heavy atom. The minimum Gasteiger partial charge on any atom is -0.310 e. The monoisotopic (exact) mass is 410 g/mol. The molecule has 138 valence electrons. The predicted octanol–water partition coefficient (Wildman–Crippen LogP) is 3.67. The summed E-state index contributed by atoms with van der Waals surface area (Å²) in [6.07, 6.45) is 0. The fourth-order valence-corrected chi connectivity index (χ4v) is 5.15. The highest BCUT2D eigenvalue weighted by Crippen LogP contribution is 2.39. The van der Waals surface area contributed by atoms with Crippen molar-refractivity contribution in [3.8, 4) is 0 Å². The number of carbonyl (C=O) groups excluding carboxylic acids is 1. The largest absolute Gasteiger partial charge is 0.310 e. The maximum atomic E-state index is 12.6. The lowest BCUT2D eigenvalue weighted by atomic mass is 10.2. The Morgan fingerprint density at radius 1 is 1.27 bits per heavy atom. The van der Waals surface area contributed by atoms with Gasteiger partial charge in [0.15, 0.2) is 0 Å². The van der Waals surface area contributed by atoms with Gasteiger partial charge in [-0.3, -0.25) is 4.79 Å². The lowest BCUT2D eigenvalue weighted by Gasteiger charge is -2.32. The van der Waals surface area contributed by atoms with E-state index in [2.05, 4.69) is 4.72 Å². The molecule has 0 aliphatic carbocycles. The van der Waals surface area contributed by atoms with Gasteiger partial charge in [0.1, 0.15) is 0 Å². The molecule has 2 aromatic rings. The molecule has 1 amide bonds. The molecule has 0 aromatic heterocycles. The van der Waals surface area contributed by atoms with E-state index in [9.17, 15) is 13.2 Å². The summed E-state index contributed by atoms with van der Waals surface area (Å²) < 4.78 is 27.9. The van der Waals surface area contributed by atoms with Crippen LogP contribution in [0.5, 0.6) is 0 Å². The highest BCUT2D eigenvalue weighted by atomic mass is 35.5. The molecule has 5 nitrogen and oxygen atoms in total. The van der Waals surface area contributed by atoms with Crippen molar-refractivity contribution >= 4 is 45.0 Å². The minimum absolute atomic E-state index is 0.0464. The molecule has 1 unspecified atom stereocenters. The van der Waals surface area contributed by atoms with Crippen molar-refractivity contribution in [2.45, 2.75) is 35.4 Å². The second kappa shape index (κ2) is 7.60. The first-order chi connectivity index (χ1) is 12.3. The number of hydrogen-bond donors (Lipinski definition) is 1. The van der Waals surface area contributed by atoms with Gasteiger partial charge < -0.3 is 4.90 Å². The van der Waals surface area contributed by atoms with Crippen LogP contribution in [0.2, 0.25) is 5.02 Å². The Kier molecular flexibility index (Phi) is 5.62. The van der Waals surface area contributed by atoms with E-state index in [1.807, 2.05) is 6.92 Å². The van der Waals surface area contributed by atoms with Gasteiger partial charge in [0.2, 0.25) is 15.9 Å². The van der Waals surface area contributed by atoms with Crippen LogP contribution in [0.25, 0.3) is 0 Å². The van der Waals surface area contributed by atoms with Gasteiger partial charge in [-0.05, 0) is 35.9 Å². The number of carbonyl (C=O) groups is 1. The number of anilines is 1. The summed E-state index contributed by atoms with van der Waals surface area (Å²) in [6.45, 7) is 4.34. The average molecular weight is 411 g/mol. The summed E-state index contributed by atoms with van der Waals surface area (Å²) in [5.74, 6) is -0.0464. The van der Waals surface area contributed by atoms with Crippen molar-refractivity contribution in [1.29, 1.82) is 0 Å². The third-order valence-corrected chi connectivity index (χ3v) is 6.84. The number of nitrogens with zero attached hydrogens (tertiary/aromatic N) is 1. The highest BCUT2D eigenvalue weighted by molar-refractivity contribution is 8.00. The minimum atomic E-state index is -3.66. The second-order valence-corrected chi connectivity index (χ2v) is 9.82. The molecule has 0 fully saturated rings. The zero-order valence-electron chi connectivity index (χ0n) is 14.4. The Labute approximate surface area is 162 Å². The van der Waals surface area contributed by atoms with Crippen LogP contribution < -0.4 is 9.62 Å². The molecular formula is C18H19ClN2O3S2. The van der Waals surface area contributed by atoms with Gasteiger partial charge in [0.25, 0.3) is 0 Å². The molecule has 1 atom stereocenters. The standard InChI is InChI=1S/C18H19ClN2O3S2/c1-12-11-21(13(2)22)17-8-7-16(9-18(17)25-12)26(23,24)20-10-14-3-5-15(19)6-4-14/h3-9,12,20H,10-11H2,1-2H3. The van der Waals surface area contributed by atoms with Gasteiger partial charge in [-0.2, -0.15) is 0 Å². The van der Waals surface area contributed by atoms with Crippen LogP contribution in [0.3, 0.4) is 0 Å². The summed E-state index contributed by atoms with van der Waals surface area (Å²) in [4.78, 5) is 14.5. The third kappa shape index (κ3) is 4.23. The molecule has 1 N–H and O–H groups in total. The van der Waals surface area contributed by atoms with Crippen molar-refractivity contribution in [3.63, 3.8) is 0 Å². The molecular weight excluding hydrogens is 392 g/mol.